The van der Waals surface area contributed by atoms with Crippen molar-refractivity contribution >= 4 is 16.0 Å². The highest BCUT2D eigenvalue weighted by Crippen LogP contribution is 2.14. The number of benzene rings is 2. The van der Waals surface area contributed by atoms with Crippen LogP contribution in [0.15, 0.2) is 53.4 Å². The van der Waals surface area contributed by atoms with Gasteiger partial charge in [-0.1, -0.05) is 29.8 Å². The number of nitrogens with one attached hydrogen (secondary N) is 1. The molecule has 0 spiro atoms. The Morgan fingerprint density at radius 1 is 1.13 bits per heavy atom. The van der Waals surface area contributed by atoms with E-state index in [0.29, 0.717) is 5.56 Å². The molecule has 0 aliphatic rings. The molecular weight excluding hydrogens is 318 g/mol. The van der Waals surface area contributed by atoms with E-state index in [4.69, 9.17) is 0 Å². The molecule has 122 valence electrons. The number of phenols is 1. The Balaban J connectivity index is 2.20. The molecule has 0 aliphatic carbocycles. The lowest BCUT2D eigenvalue weighted by atomic mass is 10.1. The SMILES string of the molecule is Cc1ccc(S(=O)(=O)N[C@@H](Cc2ccc(O)cc2)C(=O)[O-])cc1. The molecule has 1 atom stereocenters. The molecule has 0 heterocycles. The van der Waals surface area contributed by atoms with Crippen LogP contribution in [0.4, 0.5) is 0 Å². The molecular formula is C16H16NO5S-. The van der Waals surface area contributed by atoms with Crippen LogP contribution < -0.4 is 9.83 Å². The van der Waals surface area contributed by atoms with Crippen LogP contribution in [-0.2, 0) is 21.2 Å². The lowest BCUT2D eigenvalue weighted by Crippen LogP contribution is -2.49. The minimum absolute atomic E-state index is 0.0138. The molecule has 0 bridgehead atoms. The second-order valence-electron chi connectivity index (χ2n) is 5.18. The number of phenolic OH excluding ortho intramolecular Hbond substituents is 1. The number of sulfonamides is 1. The summed E-state index contributed by atoms with van der Waals surface area (Å²) in [5, 5.41) is 20.5. The third-order valence-corrected chi connectivity index (χ3v) is 4.78. The van der Waals surface area contributed by atoms with E-state index >= 15 is 0 Å². The van der Waals surface area contributed by atoms with Crippen LogP contribution in [-0.4, -0.2) is 25.5 Å². The number of hydrogen-bond donors (Lipinski definition) is 2. The van der Waals surface area contributed by atoms with Crippen LogP contribution in [0.2, 0.25) is 0 Å². The van der Waals surface area contributed by atoms with Gasteiger partial charge in [0.1, 0.15) is 5.75 Å². The van der Waals surface area contributed by atoms with Crippen molar-refractivity contribution in [2.75, 3.05) is 0 Å². The van der Waals surface area contributed by atoms with Gasteiger partial charge in [0.2, 0.25) is 10.0 Å². The Morgan fingerprint density at radius 2 is 1.70 bits per heavy atom. The van der Waals surface area contributed by atoms with E-state index in [-0.39, 0.29) is 17.1 Å². The first-order chi connectivity index (χ1) is 10.8. The number of hydrogen-bond acceptors (Lipinski definition) is 5. The second-order valence-corrected chi connectivity index (χ2v) is 6.89. The number of aliphatic carboxylic acids is 1. The maximum absolute atomic E-state index is 12.3. The molecule has 2 N–H and O–H groups in total. The molecule has 0 unspecified atom stereocenters. The molecule has 0 aliphatic heterocycles. The molecule has 2 rings (SSSR count). The summed E-state index contributed by atoms with van der Waals surface area (Å²) in [6.45, 7) is 1.82. The molecule has 7 heteroatoms. The summed E-state index contributed by atoms with van der Waals surface area (Å²) in [4.78, 5) is 11.2. The predicted octanol–water partition coefficient (Wildman–Crippen LogP) is 0.340. The molecule has 23 heavy (non-hydrogen) atoms. The normalized spacial score (nSPS) is 12.7. The van der Waals surface area contributed by atoms with Crippen molar-refractivity contribution in [3.8, 4) is 5.75 Å². The van der Waals surface area contributed by atoms with Gasteiger partial charge in [-0.25, -0.2) is 13.1 Å². The van der Waals surface area contributed by atoms with Gasteiger partial charge in [-0.15, -0.1) is 0 Å². The minimum Gasteiger partial charge on any atom is -0.548 e. The molecule has 2 aromatic carbocycles. The first-order valence-corrected chi connectivity index (χ1v) is 8.34. The average Bonchev–Trinajstić information content (AvgIpc) is 2.49. The van der Waals surface area contributed by atoms with Crippen molar-refractivity contribution < 1.29 is 23.4 Å². The van der Waals surface area contributed by atoms with Crippen molar-refractivity contribution in [1.29, 1.82) is 0 Å². The minimum atomic E-state index is -3.97. The smallest absolute Gasteiger partial charge is 0.241 e. The first-order valence-electron chi connectivity index (χ1n) is 6.86. The highest BCUT2D eigenvalue weighted by molar-refractivity contribution is 7.89. The van der Waals surface area contributed by atoms with Crippen molar-refractivity contribution in [3.05, 3.63) is 59.7 Å². The Kier molecular flexibility index (Phi) is 5.02. The number of aromatic hydroxyl groups is 1. The van der Waals surface area contributed by atoms with Crippen LogP contribution in [0.1, 0.15) is 11.1 Å². The van der Waals surface area contributed by atoms with Crippen LogP contribution in [0.25, 0.3) is 0 Å². The summed E-state index contributed by atoms with van der Waals surface area (Å²) in [5.41, 5.74) is 1.45. The number of rotatable bonds is 6. The molecule has 6 nitrogen and oxygen atoms in total. The monoisotopic (exact) mass is 334 g/mol. The van der Waals surface area contributed by atoms with Crippen molar-refractivity contribution in [3.63, 3.8) is 0 Å². The molecule has 0 fully saturated rings. The van der Waals surface area contributed by atoms with Gasteiger partial charge in [0.05, 0.1) is 16.9 Å². The lowest BCUT2D eigenvalue weighted by molar-refractivity contribution is -0.307. The van der Waals surface area contributed by atoms with Gasteiger partial charge in [-0.3, -0.25) is 0 Å². The van der Waals surface area contributed by atoms with E-state index in [1.165, 1.54) is 36.4 Å². The maximum atomic E-state index is 12.3. The molecule has 0 radical (unpaired) electrons. The lowest BCUT2D eigenvalue weighted by Gasteiger charge is -2.20. The Labute approximate surface area is 134 Å². The van der Waals surface area contributed by atoms with Gasteiger partial charge in [0.15, 0.2) is 0 Å². The number of aryl methyl sites for hydroxylation is 1. The van der Waals surface area contributed by atoms with Gasteiger partial charge < -0.3 is 15.0 Å². The van der Waals surface area contributed by atoms with Gasteiger partial charge >= 0.3 is 0 Å². The fourth-order valence-electron chi connectivity index (χ4n) is 2.01. The van der Waals surface area contributed by atoms with E-state index in [1.807, 2.05) is 6.92 Å². The first kappa shape index (κ1) is 17.0. The van der Waals surface area contributed by atoms with Crippen LogP contribution in [0.5, 0.6) is 5.75 Å². The largest absolute Gasteiger partial charge is 0.548 e. The highest BCUT2D eigenvalue weighted by atomic mass is 32.2. The summed E-state index contributed by atoms with van der Waals surface area (Å²) in [7, 11) is -3.97. The van der Waals surface area contributed by atoms with E-state index in [0.717, 1.165) is 5.56 Å². The summed E-state index contributed by atoms with van der Waals surface area (Å²) in [6.07, 6.45) is -0.0896. The maximum Gasteiger partial charge on any atom is 0.241 e. The average molecular weight is 334 g/mol. The number of carboxylic acid groups (broad SMARTS) is 1. The van der Waals surface area contributed by atoms with E-state index in [1.54, 1.807) is 12.1 Å². The van der Waals surface area contributed by atoms with Gasteiger partial charge in [-0.05, 0) is 43.2 Å². The second kappa shape index (κ2) is 6.80. The van der Waals surface area contributed by atoms with E-state index in [2.05, 4.69) is 4.72 Å². The number of carboxylic acids is 1. The molecule has 0 saturated carbocycles. The summed E-state index contributed by atoms with van der Waals surface area (Å²) >= 11 is 0. The van der Waals surface area contributed by atoms with Gasteiger partial charge in [0, 0.05) is 0 Å². The van der Waals surface area contributed by atoms with Crippen LogP contribution in [0.3, 0.4) is 0 Å². The van der Waals surface area contributed by atoms with Crippen molar-refractivity contribution in [2.24, 2.45) is 0 Å². The van der Waals surface area contributed by atoms with Gasteiger partial charge in [0.25, 0.3) is 0 Å². The number of carbonyl (C=O) groups is 1. The highest BCUT2D eigenvalue weighted by Gasteiger charge is 2.21. The fourth-order valence-corrected chi connectivity index (χ4v) is 3.20. The quantitative estimate of drug-likeness (QED) is 0.792. The summed E-state index contributed by atoms with van der Waals surface area (Å²) in [5.74, 6) is -1.48. The molecule has 2 aromatic rings. The molecule has 0 amide bonds. The van der Waals surface area contributed by atoms with Gasteiger partial charge in [-0.2, -0.15) is 0 Å². The summed E-state index contributed by atoms with van der Waals surface area (Å²) < 4.78 is 26.7. The van der Waals surface area contributed by atoms with E-state index in [9.17, 15) is 23.4 Å². The standard InChI is InChI=1S/C16H17NO5S/c1-11-2-8-14(9-3-11)23(21,22)17-15(16(19)20)10-12-4-6-13(18)7-5-12/h2-9,15,17-18H,10H2,1H3,(H,19,20)/p-1/t15-/m0/s1. The van der Waals surface area contributed by atoms with Crippen molar-refractivity contribution in [2.45, 2.75) is 24.3 Å². The van der Waals surface area contributed by atoms with E-state index < -0.39 is 22.0 Å². The topological polar surface area (TPSA) is 107 Å². The predicted molar refractivity (Wildman–Crippen MR) is 82.1 cm³/mol. The van der Waals surface area contributed by atoms with Crippen LogP contribution in [0, 0.1) is 6.92 Å². The Hall–Kier alpha value is -2.38. The Morgan fingerprint density at radius 3 is 2.22 bits per heavy atom. The van der Waals surface area contributed by atoms with Crippen molar-refractivity contribution in [1.82, 2.24) is 4.72 Å². The third kappa shape index (κ3) is 4.54. The Bertz CT molecular complexity index is 782. The zero-order valence-corrected chi connectivity index (χ0v) is 13.2. The summed E-state index contributed by atoms with van der Waals surface area (Å²) in [6, 6.07) is 10.5. The molecule has 0 aromatic heterocycles. The number of carbonyl (C=O) groups excluding carboxylic acids is 1. The van der Waals surface area contributed by atoms with Crippen LogP contribution >= 0.6 is 0 Å². The molecule has 0 saturated heterocycles. The zero-order valence-electron chi connectivity index (χ0n) is 12.4. The zero-order chi connectivity index (χ0) is 17.0. The fraction of sp³-hybridized carbons (Fsp3) is 0.188. The third-order valence-electron chi connectivity index (χ3n) is 3.29.